The van der Waals surface area contributed by atoms with Gasteiger partial charge in [0.05, 0.1) is 16.7 Å². The number of rotatable bonds is 1. The largest absolute Gasteiger partial charge is 0.456 e. The third-order valence-electron chi connectivity index (χ3n) is 17.3. The fraction of sp³-hybridized carbons (Fsp3) is 0.302. The summed E-state index contributed by atoms with van der Waals surface area (Å²) in [4.78, 5) is 2.71. The quantitative estimate of drug-likeness (QED) is 0.153. The second-order valence-electron chi connectivity index (χ2n) is 24.8. The highest BCUT2D eigenvalue weighted by Crippen LogP contribution is 2.61. The van der Waals surface area contributed by atoms with E-state index in [4.69, 9.17) is 4.42 Å². The monoisotopic (exact) mass is 902 g/mol. The maximum Gasteiger partial charge on any atom is 0.343 e. The zero-order valence-electron chi connectivity index (χ0n) is 41.7. The fourth-order valence-corrected chi connectivity index (χ4v) is 14.8. The molecule has 7 aromatic carbocycles. The van der Waals surface area contributed by atoms with Gasteiger partial charge >= 0.3 is 6.85 Å². The summed E-state index contributed by atoms with van der Waals surface area (Å²) in [6.45, 7) is 28.9. The van der Waals surface area contributed by atoms with E-state index < -0.39 is 0 Å². The number of anilines is 2. The van der Waals surface area contributed by atoms with Gasteiger partial charge in [-0.25, -0.2) is 0 Å². The predicted molar refractivity (Wildman–Crippen MR) is 293 cm³/mol. The highest BCUT2D eigenvalue weighted by atomic mass is 32.1. The average Bonchev–Trinajstić information content (AvgIpc) is 4.02. The third kappa shape index (κ3) is 5.11. The van der Waals surface area contributed by atoms with Crippen LogP contribution in [0.4, 0.5) is 11.4 Å². The highest BCUT2D eigenvalue weighted by molar-refractivity contribution is 7.32. The van der Waals surface area contributed by atoms with Crippen molar-refractivity contribution in [1.82, 2.24) is 4.57 Å². The molecule has 5 heteroatoms. The molecule has 14 rings (SSSR count). The first-order valence-corrected chi connectivity index (χ1v) is 25.8. The van der Waals surface area contributed by atoms with Crippen LogP contribution in [-0.2, 0) is 27.1 Å². The van der Waals surface area contributed by atoms with Crippen LogP contribution in [0.2, 0.25) is 0 Å². The normalized spacial score (nSPS) is 17.3. The van der Waals surface area contributed by atoms with Crippen molar-refractivity contribution in [2.75, 3.05) is 4.81 Å². The van der Waals surface area contributed by atoms with Crippen LogP contribution in [0.25, 0.3) is 81.8 Å². The minimum atomic E-state index is -0.261. The first-order chi connectivity index (χ1) is 32.2. The molecule has 4 aliphatic rings. The van der Waals surface area contributed by atoms with Crippen molar-refractivity contribution in [1.29, 1.82) is 0 Å². The summed E-state index contributed by atoms with van der Waals surface area (Å²) in [5.41, 5.74) is 23.6. The van der Waals surface area contributed by atoms with Crippen LogP contribution in [0.15, 0.2) is 120 Å². The molecule has 0 N–H and O–H groups in total. The smallest absolute Gasteiger partial charge is 0.343 e. The van der Waals surface area contributed by atoms with Crippen molar-refractivity contribution >= 4 is 93.6 Å². The predicted octanol–water partition coefficient (Wildman–Crippen LogP) is 16.4. The molecule has 68 heavy (non-hydrogen) atoms. The molecule has 0 bridgehead atoms. The van der Waals surface area contributed by atoms with Crippen molar-refractivity contribution in [2.45, 2.75) is 123 Å². The number of fused-ring (bicyclic) bond motifs is 19. The molecule has 336 valence electrons. The summed E-state index contributed by atoms with van der Waals surface area (Å²) in [6.07, 6.45) is 2.35. The lowest BCUT2D eigenvalue weighted by Crippen LogP contribution is -2.59. The van der Waals surface area contributed by atoms with Gasteiger partial charge in [0.25, 0.3) is 0 Å². The first kappa shape index (κ1) is 41.0. The molecule has 3 nitrogen and oxygen atoms in total. The van der Waals surface area contributed by atoms with E-state index >= 15 is 0 Å². The molecule has 0 unspecified atom stereocenters. The molecule has 0 amide bonds. The Balaban J connectivity index is 1.25. The van der Waals surface area contributed by atoms with Crippen molar-refractivity contribution in [3.05, 3.63) is 149 Å². The van der Waals surface area contributed by atoms with E-state index in [1.165, 1.54) is 128 Å². The number of hydrogen-bond acceptors (Lipinski definition) is 3. The van der Waals surface area contributed by atoms with E-state index in [0.29, 0.717) is 0 Å². The van der Waals surface area contributed by atoms with Gasteiger partial charge in [-0.1, -0.05) is 144 Å². The number of aromatic nitrogens is 1. The van der Waals surface area contributed by atoms with Gasteiger partial charge in [0.2, 0.25) is 0 Å². The van der Waals surface area contributed by atoms with E-state index in [1.807, 2.05) is 11.3 Å². The van der Waals surface area contributed by atoms with Crippen molar-refractivity contribution < 1.29 is 4.42 Å². The van der Waals surface area contributed by atoms with Crippen LogP contribution in [0.3, 0.4) is 0 Å². The molecule has 0 fully saturated rings. The Morgan fingerprint density at radius 2 is 1.26 bits per heavy atom. The van der Waals surface area contributed by atoms with E-state index in [9.17, 15) is 0 Å². The summed E-state index contributed by atoms with van der Waals surface area (Å²) >= 11 is 2.00. The molecular formula is C63H59BN2OS. The summed E-state index contributed by atoms with van der Waals surface area (Å²) in [7, 11) is 0. The maximum absolute atomic E-state index is 6.84. The number of thiophene rings is 1. The van der Waals surface area contributed by atoms with Crippen LogP contribution < -0.4 is 15.1 Å². The molecule has 10 aromatic rings. The molecular weight excluding hydrogens is 844 g/mol. The van der Waals surface area contributed by atoms with Crippen LogP contribution >= 0.6 is 11.3 Å². The average molecular weight is 903 g/mol. The van der Waals surface area contributed by atoms with Crippen LogP contribution in [0.5, 0.6) is 0 Å². The van der Waals surface area contributed by atoms with Gasteiger partial charge in [-0.3, -0.25) is 0 Å². The summed E-state index contributed by atoms with van der Waals surface area (Å²) in [6, 6.07) is 45.1. The van der Waals surface area contributed by atoms with Crippen molar-refractivity contribution in [3.8, 4) is 27.9 Å². The third-order valence-corrected chi connectivity index (χ3v) is 18.5. The van der Waals surface area contributed by atoms with E-state index in [1.54, 1.807) is 0 Å². The van der Waals surface area contributed by atoms with Gasteiger partial charge in [-0.05, 0) is 139 Å². The van der Waals surface area contributed by atoms with Crippen molar-refractivity contribution in [3.63, 3.8) is 0 Å². The Labute approximate surface area is 404 Å². The highest BCUT2D eigenvalue weighted by Gasteiger charge is 2.51. The molecule has 0 spiro atoms. The standard InChI is InChI=1S/C63H59BN2OS/c1-59(2,3)34-21-24-36(25-22-34)66-47-33-49-39(37-17-14-16-20-48(37)67-49)30-40(47)52-51-38-18-13-15-19-43(38)63(11,12)54(51)53-41-31-44-45(62(9,10)28-27-61(44,7)8)32-46(41)65-56-42-29-35(60(4,5)6)23-26-50(42)68-58(56)64(66)55(52)57(53)65/h13-26,29-33H,27-28H2,1-12H3. The number of nitrogens with zero attached hydrogens (tertiary/aromatic N) is 2. The molecule has 5 heterocycles. The Morgan fingerprint density at radius 3 is 2.00 bits per heavy atom. The molecule has 0 atom stereocenters. The Kier molecular flexibility index (Phi) is 7.70. The fourth-order valence-electron chi connectivity index (χ4n) is 13.5. The van der Waals surface area contributed by atoms with Gasteiger partial charge in [0.15, 0.2) is 0 Å². The Morgan fingerprint density at radius 1 is 0.588 bits per heavy atom. The second kappa shape index (κ2) is 12.8. The van der Waals surface area contributed by atoms with Crippen LogP contribution in [0.1, 0.15) is 129 Å². The summed E-state index contributed by atoms with van der Waals surface area (Å²) in [5, 5.41) is 6.50. The maximum atomic E-state index is 6.84. The lowest BCUT2D eigenvalue weighted by molar-refractivity contribution is 0.332. The molecule has 0 radical (unpaired) electrons. The second-order valence-corrected chi connectivity index (χ2v) is 25.8. The summed E-state index contributed by atoms with van der Waals surface area (Å²) in [5.74, 6) is 0. The van der Waals surface area contributed by atoms with Gasteiger partial charge < -0.3 is 13.8 Å². The number of furan rings is 1. The van der Waals surface area contributed by atoms with Crippen molar-refractivity contribution in [2.24, 2.45) is 0 Å². The van der Waals surface area contributed by atoms with E-state index in [-0.39, 0.29) is 33.9 Å². The van der Waals surface area contributed by atoms with Gasteiger partial charge in [0.1, 0.15) is 11.2 Å². The molecule has 2 aliphatic carbocycles. The lowest BCUT2D eigenvalue weighted by Gasteiger charge is -2.42. The SMILES string of the molecule is CC(C)(C)c1ccc(N2B3c4sc5ccc(C(C)(C)C)cc5c4-n4c5cc6c(cc5c5c7c(c(c3c54)-c3cc4c(cc32)oc2ccccc24)-c2ccccc2C7(C)C)C(C)(C)CCC6(C)C)cc1. The Bertz CT molecular complexity index is 3910. The zero-order chi connectivity index (χ0) is 46.9. The van der Waals surface area contributed by atoms with E-state index in [0.717, 1.165) is 21.9 Å². The zero-order valence-corrected chi connectivity index (χ0v) is 42.5. The number of benzene rings is 7. The minimum absolute atomic E-state index is 0.00922. The minimum Gasteiger partial charge on any atom is -0.456 e. The van der Waals surface area contributed by atoms with Gasteiger partial charge in [-0.2, -0.15) is 0 Å². The molecule has 3 aromatic heterocycles. The van der Waals surface area contributed by atoms with Crippen LogP contribution in [0, 0.1) is 0 Å². The first-order valence-electron chi connectivity index (χ1n) is 25.0. The number of hydrogen-bond donors (Lipinski definition) is 0. The molecule has 0 saturated carbocycles. The number of para-hydroxylation sites is 1. The molecule has 2 aliphatic heterocycles. The van der Waals surface area contributed by atoms with E-state index in [2.05, 4.69) is 208 Å². The van der Waals surface area contributed by atoms with Gasteiger partial charge in [-0.15, -0.1) is 11.3 Å². The molecule has 0 saturated heterocycles. The topological polar surface area (TPSA) is 21.3 Å². The van der Waals surface area contributed by atoms with Crippen LogP contribution in [-0.4, -0.2) is 11.4 Å². The lowest BCUT2D eigenvalue weighted by atomic mass is 9.46. The van der Waals surface area contributed by atoms with Gasteiger partial charge in [0, 0.05) is 64.8 Å². The summed E-state index contributed by atoms with van der Waals surface area (Å²) < 4.78 is 12.4. The Hall–Kier alpha value is -6.04.